The molecule has 6 nitrogen and oxygen atoms in total. The van der Waals surface area contributed by atoms with Crippen molar-refractivity contribution in [3.8, 4) is 0 Å². The molecule has 3 heterocycles. The number of alkyl halides is 3. The lowest BCUT2D eigenvalue weighted by molar-refractivity contribution is -0.898. The highest BCUT2D eigenvalue weighted by atomic mass is 19.4. The van der Waals surface area contributed by atoms with E-state index >= 15 is 0 Å². The molecule has 29 heavy (non-hydrogen) atoms. The fraction of sp³-hybridized carbons (Fsp3) is 0.600. The first-order valence-corrected chi connectivity index (χ1v) is 10.1. The van der Waals surface area contributed by atoms with E-state index in [1.165, 1.54) is 11.0 Å². The topological polar surface area (TPSA) is 51.8 Å². The number of morpholine rings is 1. The summed E-state index contributed by atoms with van der Waals surface area (Å²) in [6.45, 7) is 6.59. The minimum atomic E-state index is -4.37. The monoisotopic (exact) mass is 411 g/mol. The minimum Gasteiger partial charge on any atom is -0.378 e. The van der Waals surface area contributed by atoms with Crippen molar-refractivity contribution in [1.29, 1.82) is 0 Å². The van der Waals surface area contributed by atoms with Gasteiger partial charge < -0.3 is 19.1 Å². The summed E-state index contributed by atoms with van der Waals surface area (Å²) in [6.07, 6.45) is -2.62. The Kier molecular flexibility index (Phi) is 5.52. The number of rotatable bonds is 3. The summed E-state index contributed by atoms with van der Waals surface area (Å²) in [6, 6.07) is 3.97. The van der Waals surface area contributed by atoms with E-state index in [0.29, 0.717) is 38.4 Å². The predicted octanol–water partition coefficient (Wildman–Crippen LogP) is 1.44. The highest BCUT2D eigenvalue weighted by Gasteiger charge is 2.32. The molecule has 2 aromatic rings. The summed E-state index contributed by atoms with van der Waals surface area (Å²) in [5, 5.41) is 0. The number of imidazole rings is 1. The van der Waals surface area contributed by atoms with Crippen molar-refractivity contribution in [3.05, 3.63) is 29.6 Å². The molecular weight excluding hydrogens is 385 g/mol. The molecule has 0 saturated carbocycles. The van der Waals surface area contributed by atoms with Crippen LogP contribution in [0.25, 0.3) is 11.0 Å². The molecule has 1 N–H and O–H groups in total. The summed E-state index contributed by atoms with van der Waals surface area (Å²) in [5.41, 5.74) is 0.457. The molecule has 4 rings (SSSR count). The Morgan fingerprint density at radius 2 is 1.93 bits per heavy atom. The summed E-state index contributed by atoms with van der Waals surface area (Å²) in [4.78, 5) is 20.0. The van der Waals surface area contributed by atoms with Crippen molar-refractivity contribution in [1.82, 2.24) is 14.5 Å². The van der Waals surface area contributed by atoms with Crippen molar-refractivity contribution in [2.45, 2.75) is 32.0 Å². The number of likely N-dealkylation sites (tertiary alicyclic amines) is 1. The smallest absolute Gasteiger partial charge is 0.378 e. The lowest BCUT2D eigenvalue weighted by atomic mass is 10.0. The second kappa shape index (κ2) is 7.95. The Labute approximate surface area is 167 Å². The fourth-order valence-electron chi connectivity index (χ4n) is 4.44. The van der Waals surface area contributed by atoms with Gasteiger partial charge in [0.05, 0.1) is 42.9 Å². The highest BCUT2D eigenvalue weighted by Crippen LogP contribution is 2.33. The number of nitrogens with one attached hydrogen (secondary N) is 1. The molecule has 158 valence electrons. The maximum atomic E-state index is 13.0. The van der Waals surface area contributed by atoms with Crippen LogP contribution in [-0.4, -0.2) is 66.3 Å². The van der Waals surface area contributed by atoms with Crippen LogP contribution in [0.1, 0.15) is 30.3 Å². The number of fused-ring (bicyclic) bond motifs is 1. The van der Waals surface area contributed by atoms with Crippen LogP contribution in [-0.2, 0) is 15.7 Å². The number of halogens is 3. The third kappa shape index (κ3) is 4.25. The van der Waals surface area contributed by atoms with Crippen LogP contribution >= 0.6 is 0 Å². The van der Waals surface area contributed by atoms with Gasteiger partial charge in [0.1, 0.15) is 5.82 Å². The Morgan fingerprint density at radius 3 is 2.59 bits per heavy atom. The molecule has 2 saturated heterocycles. The molecule has 2 aliphatic rings. The van der Waals surface area contributed by atoms with Crippen molar-refractivity contribution < 1.29 is 27.6 Å². The molecule has 0 unspecified atom stereocenters. The Morgan fingerprint density at radius 1 is 1.24 bits per heavy atom. The molecular formula is C20H26F3N4O2+. The van der Waals surface area contributed by atoms with Crippen molar-refractivity contribution >= 4 is 16.9 Å². The third-order valence-corrected chi connectivity index (χ3v) is 5.99. The summed E-state index contributed by atoms with van der Waals surface area (Å²) in [5.74, 6) is 0.905. The van der Waals surface area contributed by atoms with Gasteiger partial charge in [-0.3, -0.25) is 4.79 Å². The number of piperidine rings is 1. The number of hydrogen-bond donors (Lipinski definition) is 1. The zero-order valence-corrected chi connectivity index (χ0v) is 16.5. The molecule has 0 spiro atoms. The van der Waals surface area contributed by atoms with Gasteiger partial charge in [-0.15, -0.1) is 0 Å². The van der Waals surface area contributed by atoms with Crippen LogP contribution in [0.3, 0.4) is 0 Å². The number of carbonyl (C=O) groups is 1. The fourth-order valence-corrected chi connectivity index (χ4v) is 4.44. The van der Waals surface area contributed by atoms with Gasteiger partial charge in [-0.25, -0.2) is 4.98 Å². The van der Waals surface area contributed by atoms with E-state index in [1.54, 1.807) is 0 Å². The third-order valence-electron chi connectivity index (χ3n) is 5.99. The van der Waals surface area contributed by atoms with Gasteiger partial charge >= 0.3 is 6.18 Å². The van der Waals surface area contributed by atoms with E-state index in [0.717, 1.165) is 49.4 Å². The van der Waals surface area contributed by atoms with Crippen LogP contribution in [0.4, 0.5) is 13.2 Å². The lowest BCUT2D eigenvalue weighted by Gasteiger charge is -2.33. The van der Waals surface area contributed by atoms with Gasteiger partial charge in [0, 0.05) is 32.0 Å². The highest BCUT2D eigenvalue weighted by molar-refractivity contribution is 5.78. The quantitative estimate of drug-likeness (QED) is 0.832. The van der Waals surface area contributed by atoms with Crippen LogP contribution in [0.15, 0.2) is 18.2 Å². The van der Waals surface area contributed by atoms with E-state index < -0.39 is 11.7 Å². The van der Waals surface area contributed by atoms with Crippen LogP contribution in [0, 0.1) is 6.92 Å². The first-order chi connectivity index (χ1) is 13.8. The number of aromatic nitrogens is 2. The molecule has 0 aliphatic carbocycles. The zero-order chi connectivity index (χ0) is 20.6. The van der Waals surface area contributed by atoms with Gasteiger partial charge in [-0.2, -0.15) is 13.2 Å². The summed E-state index contributed by atoms with van der Waals surface area (Å²) in [7, 11) is 0. The molecule has 1 amide bonds. The first kappa shape index (κ1) is 20.2. The second-order valence-corrected chi connectivity index (χ2v) is 7.88. The Balaban J connectivity index is 1.42. The van der Waals surface area contributed by atoms with Crippen LogP contribution in [0.2, 0.25) is 0 Å². The maximum absolute atomic E-state index is 13.0. The molecule has 1 aromatic heterocycles. The van der Waals surface area contributed by atoms with Crippen LogP contribution < -0.4 is 4.90 Å². The standard InChI is InChI=1S/C20H25F3N4O2/c1-14-24-17-12-15(20(21,22)23)2-3-18(17)27(14)16-4-6-25(7-5-16)13-19(28)26-8-10-29-11-9-26/h2-3,12,16H,4-11,13H2,1H3/p+1. The molecule has 1 aromatic carbocycles. The molecule has 0 atom stereocenters. The van der Waals surface area contributed by atoms with Gasteiger partial charge in [0.25, 0.3) is 5.91 Å². The van der Waals surface area contributed by atoms with Crippen molar-refractivity contribution in [3.63, 3.8) is 0 Å². The average molecular weight is 411 g/mol. The van der Waals surface area contributed by atoms with E-state index in [4.69, 9.17) is 4.74 Å². The number of hydrogen-bond acceptors (Lipinski definition) is 3. The van der Waals surface area contributed by atoms with E-state index in [-0.39, 0.29) is 11.9 Å². The second-order valence-electron chi connectivity index (χ2n) is 7.88. The number of amides is 1. The minimum absolute atomic E-state index is 0.172. The summed E-state index contributed by atoms with van der Waals surface area (Å²) >= 11 is 0. The number of quaternary nitrogens is 1. The van der Waals surface area contributed by atoms with E-state index in [1.807, 2.05) is 11.8 Å². The SMILES string of the molecule is Cc1nc2cc(C(F)(F)F)ccc2n1C1CC[NH+](CC(=O)N2CCOCC2)CC1. The van der Waals surface area contributed by atoms with Gasteiger partial charge in [0.15, 0.2) is 6.54 Å². The first-order valence-electron chi connectivity index (χ1n) is 10.1. The van der Waals surface area contributed by atoms with Gasteiger partial charge in [-0.05, 0) is 25.1 Å². The van der Waals surface area contributed by atoms with E-state index in [9.17, 15) is 18.0 Å². The molecule has 2 aliphatic heterocycles. The van der Waals surface area contributed by atoms with Gasteiger partial charge in [0.2, 0.25) is 0 Å². The molecule has 2 fully saturated rings. The largest absolute Gasteiger partial charge is 0.416 e. The number of ether oxygens (including phenoxy) is 1. The van der Waals surface area contributed by atoms with E-state index in [2.05, 4.69) is 9.55 Å². The number of benzene rings is 1. The van der Waals surface area contributed by atoms with Crippen LogP contribution in [0.5, 0.6) is 0 Å². The maximum Gasteiger partial charge on any atom is 0.416 e. The van der Waals surface area contributed by atoms with Crippen molar-refractivity contribution in [2.24, 2.45) is 0 Å². The number of nitrogens with zero attached hydrogens (tertiary/aromatic N) is 3. The normalized spacial score (nSPS) is 23.5. The number of carbonyl (C=O) groups excluding carboxylic acids is 1. The van der Waals surface area contributed by atoms with Gasteiger partial charge in [-0.1, -0.05) is 0 Å². The lowest BCUT2D eigenvalue weighted by Crippen LogP contribution is -3.14. The predicted molar refractivity (Wildman–Crippen MR) is 101 cm³/mol. The zero-order valence-electron chi connectivity index (χ0n) is 16.5. The number of aryl methyl sites for hydroxylation is 1. The Bertz CT molecular complexity index is 882. The summed E-state index contributed by atoms with van der Waals surface area (Å²) < 4.78 is 46.3. The molecule has 9 heteroatoms. The average Bonchev–Trinajstić information content (AvgIpc) is 3.03. The molecule has 0 radical (unpaired) electrons. The molecule has 0 bridgehead atoms. The Hall–Kier alpha value is -2.13. The van der Waals surface area contributed by atoms with Crippen molar-refractivity contribution in [2.75, 3.05) is 45.9 Å².